The van der Waals surface area contributed by atoms with Crippen LogP contribution in [0.15, 0.2) is 23.1 Å². The summed E-state index contributed by atoms with van der Waals surface area (Å²) >= 11 is 0. The van der Waals surface area contributed by atoms with Gasteiger partial charge in [0.1, 0.15) is 11.4 Å². The molecule has 0 aliphatic heterocycles. The quantitative estimate of drug-likeness (QED) is 0.675. The minimum atomic E-state index is -4.80. The molecule has 3 N–H and O–H groups in total. The van der Waals surface area contributed by atoms with E-state index in [1.165, 1.54) is 0 Å². The molecular weight excluding hydrogens is 365 g/mol. The molecule has 0 aliphatic rings. The van der Waals surface area contributed by atoms with Gasteiger partial charge in [-0.1, -0.05) is 0 Å². The van der Waals surface area contributed by atoms with Gasteiger partial charge in [0.05, 0.1) is 10.5 Å². The zero-order valence-corrected chi connectivity index (χ0v) is 14.6. The first kappa shape index (κ1) is 21.0. The second-order valence-corrected chi connectivity index (χ2v) is 7.81. The van der Waals surface area contributed by atoms with Gasteiger partial charge in [-0.05, 0) is 39.0 Å². The number of alkyl carbamates (subject to hydrolysis) is 1. The first-order chi connectivity index (χ1) is 11.2. The van der Waals surface area contributed by atoms with Crippen molar-refractivity contribution in [3.8, 4) is 5.75 Å². The molecule has 0 saturated carbocycles. The van der Waals surface area contributed by atoms with Crippen LogP contribution in [0.25, 0.3) is 0 Å². The van der Waals surface area contributed by atoms with Crippen LogP contribution >= 0.6 is 0 Å². The molecule has 0 spiro atoms. The van der Waals surface area contributed by atoms with Gasteiger partial charge in [-0.25, -0.2) is 17.9 Å². The zero-order chi connectivity index (χ0) is 19.5. The number of amides is 1. The smallest absolute Gasteiger partial charge is 0.416 e. The van der Waals surface area contributed by atoms with Gasteiger partial charge in [-0.3, -0.25) is 0 Å². The third-order valence-corrected chi connectivity index (χ3v) is 4.05. The highest BCUT2D eigenvalue weighted by Crippen LogP contribution is 2.33. The highest BCUT2D eigenvalue weighted by atomic mass is 32.2. The summed E-state index contributed by atoms with van der Waals surface area (Å²) in [6.45, 7) is 4.53. The number of carbonyl (C=O) groups is 1. The lowest BCUT2D eigenvalue weighted by Crippen LogP contribution is -2.37. The fraction of sp³-hybridized carbons (Fsp3) is 0.500. The van der Waals surface area contributed by atoms with Crippen LogP contribution in [0.1, 0.15) is 26.3 Å². The van der Waals surface area contributed by atoms with Gasteiger partial charge < -0.3 is 15.2 Å². The molecule has 1 aromatic rings. The molecule has 1 aromatic carbocycles. The van der Waals surface area contributed by atoms with Crippen LogP contribution in [0.5, 0.6) is 5.75 Å². The molecule has 11 heteroatoms. The predicted octanol–water partition coefficient (Wildman–Crippen LogP) is 2.21. The Bertz CT molecular complexity index is 727. The van der Waals surface area contributed by atoms with Crippen LogP contribution in [0.3, 0.4) is 0 Å². The van der Waals surface area contributed by atoms with Crippen molar-refractivity contribution in [1.29, 1.82) is 0 Å². The number of sulfonamides is 1. The maximum atomic E-state index is 12.7. The Balaban J connectivity index is 2.71. The number of aromatic hydroxyl groups is 1. The maximum Gasteiger partial charge on any atom is 0.416 e. The van der Waals surface area contributed by atoms with Crippen LogP contribution in [0.4, 0.5) is 18.0 Å². The highest BCUT2D eigenvalue weighted by Gasteiger charge is 2.32. The molecule has 25 heavy (non-hydrogen) atoms. The number of nitrogens with one attached hydrogen (secondary N) is 2. The molecule has 0 fully saturated rings. The van der Waals surface area contributed by atoms with Crippen molar-refractivity contribution in [2.75, 3.05) is 13.1 Å². The molecule has 0 heterocycles. The van der Waals surface area contributed by atoms with Gasteiger partial charge in [0.25, 0.3) is 0 Å². The van der Waals surface area contributed by atoms with Crippen molar-refractivity contribution >= 4 is 16.1 Å². The lowest BCUT2D eigenvalue weighted by Gasteiger charge is -2.19. The SMILES string of the molecule is CC(C)(C)OC(=O)NCCNS(=O)(=O)c1cc(O)cc(C(F)(F)F)c1. The molecular formula is C14H19F3N2O5S. The number of ether oxygens (including phenoxy) is 1. The molecule has 142 valence electrons. The Morgan fingerprint density at radius 1 is 1.16 bits per heavy atom. The summed E-state index contributed by atoms with van der Waals surface area (Å²) in [7, 11) is -4.30. The van der Waals surface area contributed by atoms with Crippen molar-refractivity contribution in [3.63, 3.8) is 0 Å². The van der Waals surface area contributed by atoms with Gasteiger partial charge in [-0.2, -0.15) is 13.2 Å². The van der Waals surface area contributed by atoms with Crippen LogP contribution < -0.4 is 10.0 Å². The van der Waals surface area contributed by atoms with E-state index in [1.54, 1.807) is 20.8 Å². The number of benzene rings is 1. The number of hydrogen-bond acceptors (Lipinski definition) is 5. The fourth-order valence-corrected chi connectivity index (χ4v) is 2.75. The molecule has 0 atom stereocenters. The van der Waals surface area contributed by atoms with Crippen LogP contribution in [-0.2, 0) is 20.9 Å². The van der Waals surface area contributed by atoms with Crippen molar-refractivity contribution in [3.05, 3.63) is 23.8 Å². The molecule has 0 bridgehead atoms. The summed E-state index contributed by atoms with van der Waals surface area (Å²) in [5.41, 5.74) is -2.01. The van der Waals surface area contributed by atoms with E-state index in [1.807, 2.05) is 4.72 Å². The van der Waals surface area contributed by atoms with Crippen LogP contribution in [0.2, 0.25) is 0 Å². The molecule has 0 saturated heterocycles. The topological polar surface area (TPSA) is 105 Å². The van der Waals surface area contributed by atoms with Crippen molar-refractivity contribution < 1.29 is 36.2 Å². The summed E-state index contributed by atoms with van der Waals surface area (Å²) in [5.74, 6) is -0.831. The average Bonchev–Trinajstić information content (AvgIpc) is 2.40. The second-order valence-electron chi connectivity index (χ2n) is 6.04. The van der Waals surface area contributed by atoms with E-state index >= 15 is 0 Å². The Kier molecular flexibility index (Phi) is 6.29. The average molecular weight is 384 g/mol. The third-order valence-electron chi connectivity index (χ3n) is 2.61. The number of phenols is 1. The number of halogens is 3. The lowest BCUT2D eigenvalue weighted by atomic mass is 10.2. The minimum absolute atomic E-state index is 0.140. The summed E-state index contributed by atoms with van der Waals surface area (Å²) < 4.78 is 69.0. The molecule has 1 rings (SSSR count). The number of phenolic OH excluding ortho intramolecular Hbond substituents is 1. The van der Waals surface area contributed by atoms with Gasteiger partial charge in [0.15, 0.2) is 0 Å². The Morgan fingerprint density at radius 3 is 2.28 bits per heavy atom. The van der Waals surface area contributed by atoms with E-state index < -0.39 is 44.1 Å². The molecule has 1 amide bonds. The first-order valence-electron chi connectivity index (χ1n) is 7.08. The van der Waals surface area contributed by atoms with Gasteiger partial charge >= 0.3 is 12.3 Å². The van der Waals surface area contributed by atoms with Gasteiger partial charge in [0, 0.05) is 13.1 Å². The lowest BCUT2D eigenvalue weighted by molar-refractivity contribution is -0.137. The summed E-state index contributed by atoms with van der Waals surface area (Å²) in [4.78, 5) is 10.6. The standard InChI is InChI=1S/C14H19F3N2O5S/c1-13(2,3)24-12(21)18-4-5-19-25(22,23)11-7-9(14(15,16)17)6-10(20)8-11/h6-8,19-20H,4-5H2,1-3H3,(H,18,21). The van der Waals surface area contributed by atoms with E-state index in [-0.39, 0.29) is 13.1 Å². The third kappa shape index (κ3) is 7.18. The minimum Gasteiger partial charge on any atom is -0.508 e. The summed E-state index contributed by atoms with van der Waals surface area (Å²) in [5, 5.41) is 11.6. The molecule has 0 radical (unpaired) electrons. The first-order valence-corrected chi connectivity index (χ1v) is 8.57. The van der Waals surface area contributed by atoms with E-state index in [0.29, 0.717) is 18.2 Å². The fourth-order valence-electron chi connectivity index (χ4n) is 1.65. The molecule has 0 aromatic heterocycles. The summed E-state index contributed by atoms with van der Waals surface area (Å²) in [6, 6.07) is 1.52. The monoisotopic (exact) mass is 384 g/mol. The Hall–Kier alpha value is -2.01. The van der Waals surface area contributed by atoms with E-state index in [0.717, 1.165) is 0 Å². The molecule has 7 nitrogen and oxygen atoms in total. The largest absolute Gasteiger partial charge is 0.508 e. The molecule has 0 aliphatic carbocycles. The van der Waals surface area contributed by atoms with E-state index in [4.69, 9.17) is 4.74 Å². The predicted molar refractivity (Wildman–Crippen MR) is 82.5 cm³/mol. The van der Waals surface area contributed by atoms with Crippen molar-refractivity contribution in [1.82, 2.24) is 10.0 Å². The Morgan fingerprint density at radius 2 is 1.76 bits per heavy atom. The van der Waals surface area contributed by atoms with Gasteiger partial charge in [-0.15, -0.1) is 0 Å². The van der Waals surface area contributed by atoms with Crippen LogP contribution in [0, 0.1) is 0 Å². The number of rotatable bonds is 5. The van der Waals surface area contributed by atoms with Gasteiger partial charge in [0.2, 0.25) is 10.0 Å². The number of carbonyl (C=O) groups excluding carboxylic acids is 1. The number of alkyl halides is 3. The maximum absolute atomic E-state index is 12.7. The summed E-state index contributed by atoms with van der Waals surface area (Å²) in [6.07, 6.45) is -5.57. The van der Waals surface area contributed by atoms with Crippen molar-refractivity contribution in [2.45, 2.75) is 37.4 Å². The molecule has 0 unspecified atom stereocenters. The number of hydrogen-bond donors (Lipinski definition) is 3. The van der Waals surface area contributed by atoms with Crippen LogP contribution in [-0.4, -0.2) is 38.3 Å². The Labute approximate surface area is 143 Å². The second kappa shape index (κ2) is 7.48. The highest BCUT2D eigenvalue weighted by molar-refractivity contribution is 7.89. The van der Waals surface area contributed by atoms with E-state index in [9.17, 15) is 31.5 Å². The van der Waals surface area contributed by atoms with E-state index in [2.05, 4.69) is 5.32 Å². The zero-order valence-electron chi connectivity index (χ0n) is 13.8. The van der Waals surface area contributed by atoms with Crippen molar-refractivity contribution in [2.24, 2.45) is 0 Å². The normalized spacial score (nSPS) is 12.7.